The van der Waals surface area contributed by atoms with E-state index in [0.717, 1.165) is 0 Å². The molecule has 142 valence electrons. The van der Waals surface area contributed by atoms with E-state index in [0.29, 0.717) is 0 Å². The van der Waals surface area contributed by atoms with Gasteiger partial charge < -0.3 is 55.1 Å². The maximum Gasteiger partial charge on any atom is 0.197 e. The second-order valence-corrected chi connectivity index (χ2v) is 6.10. The zero-order valence-corrected chi connectivity index (χ0v) is 12.9. The minimum absolute atomic E-state index is 0.675. The van der Waals surface area contributed by atoms with Crippen LogP contribution in [-0.4, -0.2) is 115 Å². The van der Waals surface area contributed by atoms with Gasteiger partial charge >= 0.3 is 0 Å². The van der Waals surface area contributed by atoms with Crippen molar-refractivity contribution in [3.05, 3.63) is 0 Å². The molecule has 2 heterocycles. The van der Waals surface area contributed by atoms with Crippen LogP contribution in [0.15, 0.2) is 0 Å². The van der Waals surface area contributed by atoms with Gasteiger partial charge in [0, 0.05) is 0 Å². The van der Waals surface area contributed by atoms with Gasteiger partial charge in [-0.15, -0.1) is 0 Å². The predicted octanol–water partition coefficient (Wildman–Crippen LogP) is -5.01. The first-order chi connectivity index (χ1) is 11.2. The van der Waals surface area contributed by atoms with E-state index in [1.54, 1.807) is 0 Å². The smallest absolute Gasteiger partial charge is 0.197 e. The van der Waals surface area contributed by atoms with E-state index in [2.05, 4.69) is 0 Å². The van der Waals surface area contributed by atoms with Gasteiger partial charge in [0.1, 0.15) is 48.8 Å². The lowest BCUT2D eigenvalue weighted by molar-refractivity contribution is -0.416. The topological polar surface area (TPSA) is 190 Å². The first-order valence-electron chi connectivity index (χ1n) is 7.47. The SMILES string of the molecule is C[C@]1(O[C@H]2OC(CO)[C@@H](O)C(O)C2O)OC(CO)[C@@H](O)[C@H](O)C1O. The first-order valence-corrected chi connectivity index (χ1v) is 7.47. The molecule has 5 unspecified atom stereocenters. The predicted molar refractivity (Wildman–Crippen MR) is 73.2 cm³/mol. The van der Waals surface area contributed by atoms with Crippen LogP contribution in [0, 0.1) is 0 Å². The quantitative estimate of drug-likeness (QED) is 0.241. The minimum atomic E-state index is -2.01. The van der Waals surface area contributed by atoms with Crippen molar-refractivity contribution in [3.63, 3.8) is 0 Å². The molecule has 0 aromatic rings. The van der Waals surface area contributed by atoms with Crippen LogP contribution in [-0.2, 0) is 14.2 Å². The van der Waals surface area contributed by atoms with Gasteiger partial charge in [0.2, 0.25) is 0 Å². The molecule has 0 amide bonds. The largest absolute Gasteiger partial charge is 0.394 e. The summed E-state index contributed by atoms with van der Waals surface area (Å²) in [4.78, 5) is 0. The van der Waals surface area contributed by atoms with Crippen LogP contribution in [0.2, 0.25) is 0 Å². The van der Waals surface area contributed by atoms with Crippen molar-refractivity contribution in [1.29, 1.82) is 0 Å². The van der Waals surface area contributed by atoms with Crippen LogP contribution >= 0.6 is 0 Å². The van der Waals surface area contributed by atoms with Gasteiger partial charge in [-0.25, -0.2) is 0 Å². The Hall–Kier alpha value is -0.440. The highest BCUT2D eigenvalue weighted by Crippen LogP contribution is 2.34. The van der Waals surface area contributed by atoms with Crippen molar-refractivity contribution >= 4 is 0 Å². The Labute approximate surface area is 137 Å². The molecular formula is C13H24O11. The van der Waals surface area contributed by atoms with Crippen LogP contribution in [0.25, 0.3) is 0 Å². The van der Waals surface area contributed by atoms with E-state index in [1.807, 2.05) is 0 Å². The van der Waals surface area contributed by atoms with Crippen molar-refractivity contribution in [2.45, 2.75) is 67.8 Å². The summed E-state index contributed by atoms with van der Waals surface area (Å²) in [6, 6.07) is 0. The molecule has 11 nitrogen and oxygen atoms in total. The third kappa shape index (κ3) is 3.43. The zero-order chi connectivity index (χ0) is 18.2. The molecule has 2 aliphatic heterocycles. The van der Waals surface area contributed by atoms with Gasteiger partial charge in [0.15, 0.2) is 12.1 Å². The number of aliphatic hydroxyl groups excluding tert-OH is 8. The van der Waals surface area contributed by atoms with Crippen molar-refractivity contribution in [2.75, 3.05) is 13.2 Å². The van der Waals surface area contributed by atoms with E-state index in [9.17, 15) is 35.7 Å². The van der Waals surface area contributed by atoms with Crippen LogP contribution in [0.4, 0.5) is 0 Å². The Balaban J connectivity index is 2.18. The molecule has 24 heavy (non-hydrogen) atoms. The fourth-order valence-electron chi connectivity index (χ4n) is 2.79. The van der Waals surface area contributed by atoms with Crippen molar-refractivity contribution < 1.29 is 55.1 Å². The normalized spacial score (nSPS) is 53.1. The molecule has 0 aromatic heterocycles. The van der Waals surface area contributed by atoms with E-state index < -0.39 is 74.1 Å². The van der Waals surface area contributed by atoms with Gasteiger partial charge in [0.25, 0.3) is 0 Å². The fourth-order valence-corrected chi connectivity index (χ4v) is 2.79. The number of rotatable bonds is 4. The third-order valence-electron chi connectivity index (χ3n) is 4.36. The second kappa shape index (κ2) is 7.43. The van der Waals surface area contributed by atoms with Crippen molar-refractivity contribution in [1.82, 2.24) is 0 Å². The number of hydrogen-bond donors (Lipinski definition) is 8. The minimum Gasteiger partial charge on any atom is -0.394 e. The molecule has 0 aliphatic carbocycles. The fraction of sp³-hybridized carbons (Fsp3) is 1.00. The Morgan fingerprint density at radius 2 is 1.33 bits per heavy atom. The highest BCUT2D eigenvalue weighted by molar-refractivity contribution is 4.96. The van der Waals surface area contributed by atoms with Gasteiger partial charge in [-0.1, -0.05) is 0 Å². The lowest BCUT2D eigenvalue weighted by Crippen LogP contribution is -2.68. The highest BCUT2D eigenvalue weighted by atomic mass is 16.8. The summed E-state index contributed by atoms with van der Waals surface area (Å²) in [5.41, 5.74) is 0. The van der Waals surface area contributed by atoms with Crippen LogP contribution < -0.4 is 0 Å². The van der Waals surface area contributed by atoms with Gasteiger partial charge in [-0.3, -0.25) is 0 Å². The summed E-state index contributed by atoms with van der Waals surface area (Å²) in [6.07, 6.45) is -14.2. The summed E-state index contributed by atoms with van der Waals surface area (Å²) in [7, 11) is 0. The molecule has 0 radical (unpaired) electrons. The maximum atomic E-state index is 10.1. The van der Waals surface area contributed by atoms with E-state index >= 15 is 0 Å². The lowest BCUT2D eigenvalue weighted by atomic mass is 9.93. The number of aliphatic hydroxyl groups is 8. The average molecular weight is 356 g/mol. The molecule has 10 atom stereocenters. The molecule has 2 aliphatic rings. The van der Waals surface area contributed by atoms with E-state index in [-0.39, 0.29) is 0 Å². The second-order valence-electron chi connectivity index (χ2n) is 6.10. The maximum absolute atomic E-state index is 10.1. The zero-order valence-electron chi connectivity index (χ0n) is 12.9. The Kier molecular flexibility index (Phi) is 6.16. The Bertz CT molecular complexity index is 419. The molecule has 2 fully saturated rings. The third-order valence-corrected chi connectivity index (χ3v) is 4.36. The monoisotopic (exact) mass is 356 g/mol. The molecule has 0 bridgehead atoms. The van der Waals surface area contributed by atoms with Crippen molar-refractivity contribution in [2.24, 2.45) is 0 Å². The van der Waals surface area contributed by atoms with Gasteiger partial charge in [-0.05, 0) is 6.92 Å². The highest BCUT2D eigenvalue weighted by Gasteiger charge is 2.55. The molecule has 0 spiro atoms. The van der Waals surface area contributed by atoms with Crippen LogP contribution in [0.5, 0.6) is 0 Å². The molecule has 11 heteroatoms. The lowest BCUT2D eigenvalue weighted by Gasteiger charge is -2.49. The Morgan fingerprint density at radius 3 is 1.88 bits per heavy atom. The number of hydrogen-bond acceptors (Lipinski definition) is 11. The van der Waals surface area contributed by atoms with E-state index in [4.69, 9.17) is 19.3 Å². The summed E-state index contributed by atoms with van der Waals surface area (Å²) in [5.74, 6) is -2.01. The first kappa shape index (κ1) is 19.9. The molecule has 2 saturated heterocycles. The molecule has 2 rings (SSSR count). The Morgan fingerprint density at radius 1 is 0.792 bits per heavy atom. The van der Waals surface area contributed by atoms with Crippen LogP contribution in [0.1, 0.15) is 6.92 Å². The molecule has 0 aromatic carbocycles. The molecular weight excluding hydrogens is 332 g/mol. The average Bonchev–Trinajstić information content (AvgIpc) is 2.57. The van der Waals surface area contributed by atoms with Gasteiger partial charge in [0.05, 0.1) is 13.2 Å². The summed E-state index contributed by atoms with van der Waals surface area (Å²) >= 11 is 0. The molecule has 0 saturated carbocycles. The standard InChI is InChI=1S/C13H24O11/c1-13(11(21)9(19)7(17)5(3-15)23-13)24-12-10(20)8(18)6(16)4(2-14)22-12/h4-12,14-21H,2-3H2,1H3/t4?,5?,6-,7-,8?,9+,10?,11?,12-,13-/m1/s1. The van der Waals surface area contributed by atoms with Crippen molar-refractivity contribution in [3.8, 4) is 0 Å². The number of ether oxygens (including phenoxy) is 3. The summed E-state index contributed by atoms with van der Waals surface area (Å²) in [6.45, 7) is -0.180. The summed E-state index contributed by atoms with van der Waals surface area (Å²) in [5, 5.41) is 77.4. The van der Waals surface area contributed by atoms with Gasteiger partial charge in [-0.2, -0.15) is 0 Å². The van der Waals surface area contributed by atoms with E-state index in [1.165, 1.54) is 6.92 Å². The summed E-state index contributed by atoms with van der Waals surface area (Å²) < 4.78 is 15.8. The molecule has 8 N–H and O–H groups in total. The van der Waals surface area contributed by atoms with Crippen LogP contribution in [0.3, 0.4) is 0 Å².